The zero-order valence-corrected chi connectivity index (χ0v) is 12.6. The summed E-state index contributed by atoms with van der Waals surface area (Å²) in [6, 6.07) is 14.7. The maximum absolute atomic E-state index is 12.4. The van der Waals surface area contributed by atoms with Crippen molar-refractivity contribution in [3.05, 3.63) is 65.9 Å². The molecular weight excluding hydrogens is 294 g/mol. The van der Waals surface area contributed by atoms with E-state index in [0.29, 0.717) is 28.5 Å². The number of fused-ring (bicyclic) bond motifs is 1. The van der Waals surface area contributed by atoms with Crippen LogP contribution in [-0.4, -0.2) is 24.1 Å². The minimum atomic E-state index is -0.559. The van der Waals surface area contributed by atoms with Gasteiger partial charge in [-0.05, 0) is 11.6 Å². The number of hydrogen-bond acceptors (Lipinski definition) is 4. The second kappa shape index (κ2) is 6.36. The van der Waals surface area contributed by atoms with Gasteiger partial charge in [-0.1, -0.05) is 42.5 Å². The molecular formula is C18H15NO4. The molecule has 0 radical (unpaired) electrons. The summed E-state index contributed by atoms with van der Waals surface area (Å²) >= 11 is 0. The van der Waals surface area contributed by atoms with Crippen LogP contribution in [-0.2, 0) is 11.3 Å². The van der Waals surface area contributed by atoms with E-state index in [9.17, 15) is 9.59 Å². The molecule has 0 aliphatic carbocycles. The maximum Gasteiger partial charge on any atom is 0.418 e. The molecule has 0 fully saturated rings. The minimum Gasteiger partial charge on any atom is -0.495 e. The Balaban J connectivity index is 1.95. The van der Waals surface area contributed by atoms with Crippen LogP contribution in [0.1, 0.15) is 15.9 Å². The van der Waals surface area contributed by atoms with E-state index in [0.717, 1.165) is 5.56 Å². The second-order valence-electron chi connectivity index (χ2n) is 4.97. The van der Waals surface area contributed by atoms with Gasteiger partial charge in [0.15, 0.2) is 6.29 Å². The minimum absolute atomic E-state index is 0.158. The third kappa shape index (κ3) is 2.81. The van der Waals surface area contributed by atoms with Gasteiger partial charge in [0, 0.05) is 17.1 Å². The van der Waals surface area contributed by atoms with Crippen LogP contribution in [0, 0.1) is 0 Å². The smallest absolute Gasteiger partial charge is 0.418 e. The Bertz CT molecular complexity index is 852. The largest absolute Gasteiger partial charge is 0.495 e. The highest BCUT2D eigenvalue weighted by Gasteiger charge is 2.17. The van der Waals surface area contributed by atoms with Crippen LogP contribution in [0.15, 0.2) is 54.7 Å². The summed E-state index contributed by atoms with van der Waals surface area (Å²) in [7, 11) is 1.52. The monoisotopic (exact) mass is 309 g/mol. The number of nitrogens with zero attached hydrogens (tertiary/aromatic N) is 1. The Morgan fingerprint density at radius 1 is 1.13 bits per heavy atom. The predicted octanol–water partition coefficient (Wildman–Crippen LogP) is 3.65. The zero-order valence-electron chi connectivity index (χ0n) is 12.6. The van der Waals surface area contributed by atoms with Crippen molar-refractivity contribution in [2.24, 2.45) is 0 Å². The van der Waals surface area contributed by atoms with Gasteiger partial charge >= 0.3 is 6.09 Å². The van der Waals surface area contributed by atoms with Gasteiger partial charge in [-0.3, -0.25) is 4.79 Å². The summed E-state index contributed by atoms with van der Waals surface area (Å²) in [6.07, 6.45) is 1.62. The molecule has 3 rings (SSSR count). The van der Waals surface area contributed by atoms with Gasteiger partial charge in [-0.25, -0.2) is 9.36 Å². The molecule has 1 heterocycles. The summed E-state index contributed by atoms with van der Waals surface area (Å²) in [5.74, 6) is 0.507. The molecule has 0 N–H and O–H groups in total. The Labute approximate surface area is 133 Å². The quantitative estimate of drug-likeness (QED) is 0.690. The summed E-state index contributed by atoms with van der Waals surface area (Å²) in [6.45, 7) is 0.158. The highest BCUT2D eigenvalue weighted by molar-refractivity contribution is 6.03. The van der Waals surface area contributed by atoms with Crippen LogP contribution in [0.2, 0.25) is 0 Å². The lowest BCUT2D eigenvalue weighted by molar-refractivity contribution is 0.112. The number of rotatable bonds is 4. The molecule has 0 atom stereocenters. The first-order chi connectivity index (χ1) is 11.2. The highest BCUT2D eigenvalue weighted by atomic mass is 16.5. The van der Waals surface area contributed by atoms with Crippen LogP contribution in [0.3, 0.4) is 0 Å². The standard InChI is InChI=1S/C18H15NO4/c1-22-16-9-5-8-15-14(11-20)10-19(17(15)16)18(21)23-12-13-6-3-2-4-7-13/h2-11H,12H2,1H3. The van der Waals surface area contributed by atoms with Gasteiger partial charge in [0.05, 0.1) is 7.11 Å². The molecule has 0 saturated carbocycles. The Morgan fingerprint density at radius 3 is 2.61 bits per heavy atom. The molecule has 0 aliphatic rings. The fourth-order valence-corrected chi connectivity index (χ4v) is 2.47. The maximum atomic E-state index is 12.4. The lowest BCUT2D eigenvalue weighted by atomic mass is 10.2. The summed E-state index contributed by atoms with van der Waals surface area (Å²) in [4.78, 5) is 23.6. The number of ether oxygens (including phenoxy) is 2. The van der Waals surface area contributed by atoms with E-state index < -0.39 is 6.09 Å². The normalized spacial score (nSPS) is 10.5. The predicted molar refractivity (Wildman–Crippen MR) is 85.9 cm³/mol. The van der Waals surface area contributed by atoms with Crippen molar-refractivity contribution in [3.8, 4) is 5.75 Å². The van der Waals surface area contributed by atoms with Gasteiger partial charge < -0.3 is 9.47 Å². The molecule has 1 aromatic heterocycles. The zero-order chi connectivity index (χ0) is 16.2. The summed E-state index contributed by atoms with van der Waals surface area (Å²) < 4.78 is 11.9. The topological polar surface area (TPSA) is 57.5 Å². The molecule has 0 bridgehead atoms. The SMILES string of the molecule is COc1cccc2c(C=O)cn(C(=O)OCc3ccccc3)c12. The molecule has 0 amide bonds. The fraction of sp³-hybridized carbons (Fsp3) is 0.111. The van der Waals surface area contributed by atoms with Crippen molar-refractivity contribution in [1.29, 1.82) is 0 Å². The first-order valence-corrected chi connectivity index (χ1v) is 7.09. The van der Waals surface area contributed by atoms with Crippen LogP contribution < -0.4 is 4.74 Å². The molecule has 0 unspecified atom stereocenters. The van der Waals surface area contributed by atoms with Crippen LogP contribution >= 0.6 is 0 Å². The number of methoxy groups -OCH3 is 1. The number of aromatic nitrogens is 1. The molecule has 23 heavy (non-hydrogen) atoms. The summed E-state index contributed by atoms with van der Waals surface area (Å²) in [5, 5.41) is 0.649. The number of para-hydroxylation sites is 1. The van der Waals surface area contributed by atoms with Crippen molar-refractivity contribution in [1.82, 2.24) is 4.57 Å². The first-order valence-electron chi connectivity index (χ1n) is 7.09. The molecule has 0 saturated heterocycles. The Hall–Kier alpha value is -3.08. The Morgan fingerprint density at radius 2 is 1.91 bits per heavy atom. The van der Waals surface area contributed by atoms with Crippen molar-refractivity contribution in [2.75, 3.05) is 7.11 Å². The van der Waals surface area contributed by atoms with Gasteiger partial charge in [-0.15, -0.1) is 0 Å². The highest BCUT2D eigenvalue weighted by Crippen LogP contribution is 2.29. The number of carbonyl (C=O) groups excluding carboxylic acids is 2. The molecule has 2 aromatic carbocycles. The van der Waals surface area contributed by atoms with Gasteiger partial charge in [0.25, 0.3) is 0 Å². The molecule has 3 aromatic rings. The third-order valence-corrected chi connectivity index (χ3v) is 3.57. The van der Waals surface area contributed by atoms with Crippen molar-refractivity contribution >= 4 is 23.3 Å². The van der Waals surface area contributed by atoms with E-state index in [-0.39, 0.29) is 6.61 Å². The van der Waals surface area contributed by atoms with Crippen LogP contribution in [0.25, 0.3) is 10.9 Å². The van der Waals surface area contributed by atoms with Crippen molar-refractivity contribution in [2.45, 2.75) is 6.61 Å². The number of aldehydes is 1. The molecule has 0 spiro atoms. The third-order valence-electron chi connectivity index (χ3n) is 3.57. The lowest BCUT2D eigenvalue weighted by Gasteiger charge is -2.09. The van der Waals surface area contributed by atoms with Gasteiger partial charge in [0.1, 0.15) is 17.9 Å². The molecule has 116 valence electrons. The second-order valence-corrected chi connectivity index (χ2v) is 4.97. The number of benzene rings is 2. The molecule has 5 nitrogen and oxygen atoms in total. The van der Waals surface area contributed by atoms with E-state index >= 15 is 0 Å². The van der Waals surface area contributed by atoms with E-state index in [2.05, 4.69) is 0 Å². The molecule has 5 heteroatoms. The number of hydrogen-bond donors (Lipinski definition) is 0. The lowest BCUT2D eigenvalue weighted by Crippen LogP contribution is -2.13. The van der Waals surface area contributed by atoms with E-state index in [4.69, 9.17) is 9.47 Å². The van der Waals surface area contributed by atoms with E-state index in [1.807, 2.05) is 30.3 Å². The van der Waals surface area contributed by atoms with Crippen molar-refractivity contribution in [3.63, 3.8) is 0 Å². The average Bonchev–Trinajstić information content (AvgIpc) is 2.99. The van der Waals surface area contributed by atoms with E-state index in [1.54, 1.807) is 18.2 Å². The Kier molecular flexibility index (Phi) is 4.10. The van der Waals surface area contributed by atoms with Crippen LogP contribution in [0.4, 0.5) is 4.79 Å². The fourth-order valence-electron chi connectivity index (χ4n) is 2.47. The van der Waals surface area contributed by atoms with E-state index in [1.165, 1.54) is 17.9 Å². The number of carbonyl (C=O) groups is 2. The van der Waals surface area contributed by atoms with Gasteiger partial charge in [-0.2, -0.15) is 0 Å². The van der Waals surface area contributed by atoms with Gasteiger partial charge in [0.2, 0.25) is 0 Å². The first kappa shape index (κ1) is 14.8. The summed E-state index contributed by atoms with van der Waals surface area (Å²) in [5.41, 5.74) is 1.82. The average molecular weight is 309 g/mol. The van der Waals surface area contributed by atoms with Crippen LogP contribution in [0.5, 0.6) is 5.75 Å². The van der Waals surface area contributed by atoms with Crippen molar-refractivity contribution < 1.29 is 19.1 Å². The molecule has 0 aliphatic heterocycles.